The summed E-state index contributed by atoms with van der Waals surface area (Å²) in [6.07, 6.45) is 0. The molecule has 0 heterocycles. The minimum absolute atomic E-state index is 0.111. The van der Waals surface area contributed by atoms with Crippen LogP contribution in [-0.4, -0.2) is 124 Å². The van der Waals surface area contributed by atoms with E-state index < -0.39 is 56.3 Å². The number of methoxy groups -OCH3 is 2. The Morgan fingerprint density at radius 1 is 0.370 bits per heavy atom. The number of rotatable bonds is 23. The SMILES string of the molecule is CCOC(=O)C(C)(COC(=O)C(C)(C)Br)COC(=O)C(C)(C)Br.COc1cc(OC(=O)C(C)(C)C)cc(OC(=O)C(C)(C)Br)c1.COc1cc(OCCOC(=O)C(C)(C)Br)cc(OCCOC(=O)C(C)(C)Br)c1. The first kappa shape index (κ1) is 69.3. The third-order valence-corrected chi connectivity index (χ3v) is 10.2. The maximum absolute atomic E-state index is 12.2. The molecular weight excluding hydrogens is 1290 g/mol. The van der Waals surface area contributed by atoms with Gasteiger partial charge in [0.05, 0.1) is 26.2 Å². The summed E-state index contributed by atoms with van der Waals surface area (Å²) in [7, 11) is 3.01. The first-order valence-corrected chi connectivity index (χ1v) is 26.5. The molecule has 18 nitrogen and oxygen atoms in total. The van der Waals surface area contributed by atoms with E-state index in [9.17, 15) is 33.6 Å². The molecule has 0 aliphatic rings. The number of benzene rings is 2. The van der Waals surface area contributed by atoms with Crippen LogP contribution in [-0.2, 0) is 57.2 Å². The largest absolute Gasteiger partial charge is 0.496 e. The van der Waals surface area contributed by atoms with Gasteiger partial charge in [-0.15, -0.1) is 0 Å². The Labute approximate surface area is 471 Å². The zero-order chi connectivity index (χ0) is 57.0. The molecule has 0 saturated carbocycles. The molecule has 0 atom stereocenters. The molecule has 0 fully saturated rings. The lowest BCUT2D eigenvalue weighted by Gasteiger charge is -2.28. The van der Waals surface area contributed by atoms with Gasteiger partial charge in [0.2, 0.25) is 0 Å². The van der Waals surface area contributed by atoms with E-state index in [4.69, 9.17) is 52.1 Å². The number of hydrogen-bond acceptors (Lipinski definition) is 18. The van der Waals surface area contributed by atoms with E-state index in [2.05, 4.69) is 79.6 Å². The molecule has 0 aliphatic heterocycles. The Morgan fingerprint density at radius 2 is 0.658 bits per heavy atom. The summed E-state index contributed by atoms with van der Waals surface area (Å²) in [6, 6.07) is 9.64. The molecule has 0 spiro atoms. The molecule has 0 aromatic heterocycles. The quantitative estimate of drug-likeness (QED) is 0.0332. The van der Waals surface area contributed by atoms with Gasteiger partial charge in [-0.05, 0) is 104 Å². The van der Waals surface area contributed by atoms with E-state index in [1.807, 2.05) is 0 Å². The van der Waals surface area contributed by atoms with Crippen molar-refractivity contribution in [2.75, 3.05) is 60.5 Å². The third kappa shape index (κ3) is 28.2. The van der Waals surface area contributed by atoms with E-state index in [1.54, 1.807) is 127 Å². The number of ether oxygens (including phenoxy) is 11. The van der Waals surface area contributed by atoms with E-state index in [1.165, 1.54) is 27.2 Å². The monoisotopic (exact) mass is 1350 g/mol. The van der Waals surface area contributed by atoms with E-state index in [0.717, 1.165) is 0 Å². The van der Waals surface area contributed by atoms with Crippen molar-refractivity contribution in [2.24, 2.45) is 10.8 Å². The fourth-order valence-electron chi connectivity index (χ4n) is 4.29. The summed E-state index contributed by atoms with van der Waals surface area (Å²) < 4.78 is 53.7. The minimum atomic E-state index is -1.28. The maximum Gasteiger partial charge on any atom is 0.327 e. The Balaban J connectivity index is 0.00000108. The maximum atomic E-state index is 12.2. The van der Waals surface area contributed by atoms with Crippen LogP contribution in [0.1, 0.15) is 104 Å². The predicted molar refractivity (Wildman–Crippen MR) is 291 cm³/mol. The van der Waals surface area contributed by atoms with Gasteiger partial charge in [-0.25, -0.2) is 0 Å². The Hall–Kier alpha value is -3.67. The van der Waals surface area contributed by atoms with Gasteiger partial charge < -0.3 is 52.1 Å². The number of esters is 7. The average molecular weight is 1360 g/mol. The van der Waals surface area contributed by atoms with Crippen molar-refractivity contribution >= 4 is 121 Å². The smallest absolute Gasteiger partial charge is 0.327 e. The van der Waals surface area contributed by atoms with Crippen LogP contribution >= 0.6 is 79.6 Å². The molecule has 23 heteroatoms. The third-order valence-electron chi connectivity index (χ3n) is 8.62. The second-order valence-electron chi connectivity index (χ2n) is 19.5. The van der Waals surface area contributed by atoms with Crippen LogP contribution in [0.3, 0.4) is 0 Å². The zero-order valence-corrected chi connectivity index (χ0v) is 52.6. The van der Waals surface area contributed by atoms with Crippen LogP contribution in [0.2, 0.25) is 0 Å². The molecule has 0 unspecified atom stereocenters. The molecule has 0 saturated heterocycles. The van der Waals surface area contributed by atoms with Gasteiger partial charge in [-0.3, -0.25) is 33.6 Å². The zero-order valence-electron chi connectivity index (χ0n) is 44.7. The van der Waals surface area contributed by atoms with E-state index >= 15 is 0 Å². The molecule has 2 rings (SSSR count). The number of carbonyl (C=O) groups is 7. The summed E-state index contributed by atoms with van der Waals surface area (Å²) in [5.41, 5.74) is -1.92. The number of halogens is 5. The molecule has 73 heavy (non-hydrogen) atoms. The van der Waals surface area contributed by atoms with Crippen molar-refractivity contribution in [3.8, 4) is 34.5 Å². The van der Waals surface area contributed by atoms with Gasteiger partial charge in [0.1, 0.15) is 101 Å². The van der Waals surface area contributed by atoms with Crippen molar-refractivity contribution in [1.82, 2.24) is 0 Å². The van der Waals surface area contributed by atoms with Crippen LogP contribution in [0.5, 0.6) is 34.5 Å². The lowest BCUT2D eigenvalue weighted by atomic mass is 9.93. The van der Waals surface area contributed by atoms with Crippen LogP contribution in [0, 0.1) is 10.8 Å². The van der Waals surface area contributed by atoms with Crippen molar-refractivity contribution in [3.05, 3.63) is 36.4 Å². The normalized spacial score (nSPS) is 11.9. The number of hydrogen-bond donors (Lipinski definition) is 0. The summed E-state index contributed by atoms with van der Waals surface area (Å²) in [6.45, 7) is 25.4. The minimum Gasteiger partial charge on any atom is -0.496 e. The highest BCUT2D eigenvalue weighted by atomic mass is 79.9. The first-order valence-electron chi connectivity index (χ1n) is 22.5. The molecule has 0 radical (unpaired) electrons. The van der Waals surface area contributed by atoms with E-state index in [-0.39, 0.29) is 75.7 Å². The predicted octanol–water partition coefficient (Wildman–Crippen LogP) is 10.6. The fraction of sp³-hybridized carbons (Fsp3) is 0.620. The first-order chi connectivity index (χ1) is 33.1. The van der Waals surface area contributed by atoms with Crippen molar-refractivity contribution in [3.63, 3.8) is 0 Å². The standard InChI is InChI=1S/C19H26Br2O7.C16H21BrO5.C15H24Br2O6/c1-18(2,20)16(22)27-8-6-25-14-10-13(24-5)11-15(12-14)26-7-9-28-17(23)19(3,4)21;1-15(2,3)13(18)21-11-7-10(20-6)8-12(9-11)22-14(19)16(4,5)17;1-7-21-12(20)15(6,8-22-10(18)13(2,3)16)9-23-11(19)14(4,5)17/h10-12H,6-9H2,1-5H3;7-9H,1-6H3;7-9H2,1-6H3. The Bertz CT molecular complexity index is 2030. The van der Waals surface area contributed by atoms with Crippen molar-refractivity contribution in [1.29, 1.82) is 0 Å². The van der Waals surface area contributed by atoms with Gasteiger partial charge in [0.25, 0.3) is 0 Å². The molecular formula is C50H71Br5O18. The fourth-order valence-corrected chi connectivity index (χ4v) is 4.83. The molecule has 0 N–H and O–H groups in total. The summed E-state index contributed by atoms with van der Waals surface area (Å²) in [5, 5.41) is 0. The highest BCUT2D eigenvalue weighted by Gasteiger charge is 2.41. The Kier molecular flexibility index (Phi) is 28.7. The lowest BCUT2D eigenvalue weighted by Crippen LogP contribution is -2.43. The summed E-state index contributed by atoms with van der Waals surface area (Å²) in [4.78, 5) is 83.1. The molecule has 2 aromatic carbocycles. The Morgan fingerprint density at radius 3 is 0.959 bits per heavy atom. The van der Waals surface area contributed by atoms with Gasteiger partial charge in [0.15, 0.2) is 0 Å². The van der Waals surface area contributed by atoms with Crippen LogP contribution in [0.15, 0.2) is 36.4 Å². The lowest BCUT2D eigenvalue weighted by molar-refractivity contribution is -0.170. The van der Waals surface area contributed by atoms with Crippen LogP contribution < -0.4 is 28.4 Å². The topological polar surface area (TPSA) is 221 Å². The van der Waals surface area contributed by atoms with Gasteiger partial charge in [0, 0.05) is 36.4 Å². The highest BCUT2D eigenvalue weighted by molar-refractivity contribution is 9.11. The average Bonchev–Trinajstić information content (AvgIpc) is 3.25. The highest BCUT2D eigenvalue weighted by Crippen LogP contribution is 2.32. The van der Waals surface area contributed by atoms with E-state index in [0.29, 0.717) is 23.0 Å². The van der Waals surface area contributed by atoms with Gasteiger partial charge in [-0.1, -0.05) is 79.6 Å². The molecule has 0 bridgehead atoms. The summed E-state index contributed by atoms with van der Waals surface area (Å²) >= 11 is 16.1. The van der Waals surface area contributed by atoms with Crippen molar-refractivity contribution < 1.29 is 85.7 Å². The second-order valence-corrected chi connectivity index (χ2v) is 29.4. The second kappa shape index (κ2) is 30.2. The summed E-state index contributed by atoms with van der Waals surface area (Å²) in [5.74, 6) is -0.765. The number of alkyl halides is 5. The molecule has 414 valence electrons. The van der Waals surface area contributed by atoms with Crippen molar-refractivity contribution in [2.45, 2.75) is 125 Å². The van der Waals surface area contributed by atoms with Gasteiger partial charge >= 0.3 is 41.8 Å². The molecule has 0 amide bonds. The molecule has 2 aromatic rings. The number of carbonyl (C=O) groups excluding carboxylic acids is 7. The van der Waals surface area contributed by atoms with Gasteiger partial charge in [-0.2, -0.15) is 0 Å². The van der Waals surface area contributed by atoms with Crippen LogP contribution in [0.4, 0.5) is 0 Å². The van der Waals surface area contributed by atoms with Crippen LogP contribution in [0.25, 0.3) is 0 Å². The molecule has 0 aliphatic carbocycles.